The van der Waals surface area contributed by atoms with Gasteiger partial charge in [0.15, 0.2) is 5.58 Å². The highest BCUT2D eigenvalue weighted by molar-refractivity contribution is 6.04. The van der Waals surface area contributed by atoms with Crippen LogP contribution in [0.5, 0.6) is 0 Å². The first-order valence-corrected chi connectivity index (χ1v) is 7.28. The Balaban J connectivity index is 1.93. The highest BCUT2D eigenvalue weighted by atomic mass is 16.4. The van der Waals surface area contributed by atoms with Crippen LogP contribution in [0.15, 0.2) is 65.1 Å². The van der Waals surface area contributed by atoms with E-state index in [2.05, 4.69) is 53.5 Å². The van der Waals surface area contributed by atoms with E-state index >= 15 is 0 Å². The van der Waals surface area contributed by atoms with Crippen LogP contribution in [-0.2, 0) is 0 Å². The van der Waals surface area contributed by atoms with Crippen LogP contribution in [0.1, 0.15) is 0 Å². The first-order valence-electron chi connectivity index (χ1n) is 7.28. The van der Waals surface area contributed by atoms with Crippen molar-refractivity contribution in [3.8, 4) is 11.1 Å². The SMILES string of the molecule is CN(C)c1nc2ccc3cc(-c4ccccc4)ccc3c2o1. The second-order valence-electron chi connectivity index (χ2n) is 5.61. The lowest BCUT2D eigenvalue weighted by Crippen LogP contribution is -2.08. The fraction of sp³-hybridized carbons (Fsp3) is 0.105. The van der Waals surface area contributed by atoms with Crippen molar-refractivity contribution < 1.29 is 4.42 Å². The quantitative estimate of drug-likeness (QED) is 0.534. The monoisotopic (exact) mass is 288 g/mol. The molecule has 0 unspecified atom stereocenters. The molecule has 3 heteroatoms. The molecule has 0 aliphatic carbocycles. The Morgan fingerprint density at radius 2 is 1.68 bits per heavy atom. The Morgan fingerprint density at radius 1 is 0.864 bits per heavy atom. The van der Waals surface area contributed by atoms with Crippen molar-refractivity contribution in [2.45, 2.75) is 0 Å². The lowest BCUT2D eigenvalue weighted by molar-refractivity contribution is 0.599. The summed E-state index contributed by atoms with van der Waals surface area (Å²) < 4.78 is 5.90. The number of nitrogens with zero attached hydrogens (tertiary/aromatic N) is 2. The van der Waals surface area contributed by atoms with E-state index in [0.717, 1.165) is 21.9 Å². The van der Waals surface area contributed by atoms with Crippen molar-refractivity contribution in [1.29, 1.82) is 0 Å². The number of hydrogen-bond donors (Lipinski definition) is 0. The predicted molar refractivity (Wildman–Crippen MR) is 91.3 cm³/mol. The molecule has 108 valence electrons. The number of anilines is 1. The zero-order valence-electron chi connectivity index (χ0n) is 12.6. The van der Waals surface area contributed by atoms with Gasteiger partial charge in [-0.05, 0) is 34.7 Å². The predicted octanol–water partition coefficient (Wildman–Crippen LogP) is 4.71. The van der Waals surface area contributed by atoms with E-state index in [1.165, 1.54) is 11.1 Å². The number of hydrogen-bond acceptors (Lipinski definition) is 3. The third kappa shape index (κ3) is 2.02. The molecule has 3 aromatic carbocycles. The van der Waals surface area contributed by atoms with E-state index < -0.39 is 0 Å². The fourth-order valence-corrected chi connectivity index (χ4v) is 2.70. The molecule has 4 aromatic rings. The summed E-state index contributed by atoms with van der Waals surface area (Å²) >= 11 is 0. The summed E-state index contributed by atoms with van der Waals surface area (Å²) in [5.41, 5.74) is 4.17. The number of fused-ring (bicyclic) bond motifs is 3. The number of oxazole rings is 1. The maximum Gasteiger partial charge on any atom is 0.297 e. The molecule has 0 saturated heterocycles. The van der Waals surface area contributed by atoms with Crippen LogP contribution in [0.25, 0.3) is 33.0 Å². The van der Waals surface area contributed by atoms with Crippen molar-refractivity contribution >= 4 is 27.9 Å². The van der Waals surface area contributed by atoms with E-state index in [-0.39, 0.29) is 0 Å². The maximum atomic E-state index is 5.90. The molecule has 1 aromatic heterocycles. The summed E-state index contributed by atoms with van der Waals surface area (Å²) in [7, 11) is 3.86. The maximum absolute atomic E-state index is 5.90. The molecule has 0 aliphatic heterocycles. The molecule has 0 N–H and O–H groups in total. The van der Waals surface area contributed by atoms with Crippen LogP contribution in [0, 0.1) is 0 Å². The zero-order valence-corrected chi connectivity index (χ0v) is 12.6. The highest BCUT2D eigenvalue weighted by Crippen LogP contribution is 2.31. The molecule has 0 radical (unpaired) electrons. The van der Waals surface area contributed by atoms with Gasteiger partial charge in [0.25, 0.3) is 6.01 Å². The van der Waals surface area contributed by atoms with Crippen molar-refractivity contribution in [2.24, 2.45) is 0 Å². The molecule has 0 atom stereocenters. The van der Waals surface area contributed by atoms with E-state index in [1.807, 2.05) is 31.1 Å². The summed E-state index contributed by atoms with van der Waals surface area (Å²) in [6, 6.07) is 21.6. The van der Waals surface area contributed by atoms with Gasteiger partial charge in [-0.25, -0.2) is 0 Å². The van der Waals surface area contributed by atoms with Crippen molar-refractivity contribution in [3.05, 3.63) is 60.7 Å². The molecule has 0 amide bonds. The molecule has 0 bridgehead atoms. The Morgan fingerprint density at radius 3 is 2.45 bits per heavy atom. The largest absolute Gasteiger partial charge is 0.423 e. The Kier molecular flexibility index (Phi) is 2.86. The molecule has 0 aliphatic rings. The van der Waals surface area contributed by atoms with E-state index in [9.17, 15) is 0 Å². The first-order chi connectivity index (χ1) is 10.7. The van der Waals surface area contributed by atoms with Crippen molar-refractivity contribution in [2.75, 3.05) is 19.0 Å². The van der Waals surface area contributed by atoms with E-state index in [4.69, 9.17) is 4.42 Å². The topological polar surface area (TPSA) is 29.3 Å². The summed E-state index contributed by atoms with van der Waals surface area (Å²) in [5, 5.41) is 2.26. The molecule has 0 fully saturated rings. The van der Waals surface area contributed by atoms with Gasteiger partial charge in [0.05, 0.1) is 0 Å². The summed E-state index contributed by atoms with van der Waals surface area (Å²) in [6.45, 7) is 0. The molecule has 1 heterocycles. The molecule has 4 rings (SSSR count). The second kappa shape index (κ2) is 4.88. The second-order valence-corrected chi connectivity index (χ2v) is 5.61. The lowest BCUT2D eigenvalue weighted by atomic mass is 10.0. The van der Waals surface area contributed by atoms with Crippen LogP contribution in [-0.4, -0.2) is 19.1 Å². The average molecular weight is 288 g/mol. The molecule has 0 spiro atoms. The molecule has 3 nitrogen and oxygen atoms in total. The summed E-state index contributed by atoms with van der Waals surface area (Å²) in [6.07, 6.45) is 0. The minimum Gasteiger partial charge on any atom is -0.423 e. The fourth-order valence-electron chi connectivity index (χ4n) is 2.70. The van der Waals surface area contributed by atoms with Crippen LogP contribution >= 0.6 is 0 Å². The van der Waals surface area contributed by atoms with Gasteiger partial charge < -0.3 is 9.32 Å². The molecular formula is C19H16N2O. The van der Waals surface area contributed by atoms with E-state index in [1.54, 1.807) is 0 Å². The van der Waals surface area contributed by atoms with Gasteiger partial charge in [-0.2, -0.15) is 4.98 Å². The van der Waals surface area contributed by atoms with E-state index in [0.29, 0.717) is 6.01 Å². The molecule has 0 saturated carbocycles. The van der Waals surface area contributed by atoms with Gasteiger partial charge in [0.2, 0.25) is 0 Å². The van der Waals surface area contributed by atoms with Gasteiger partial charge in [0, 0.05) is 19.5 Å². The number of aromatic nitrogens is 1. The van der Waals surface area contributed by atoms with Crippen LogP contribution < -0.4 is 4.90 Å². The third-order valence-electron chi connectivity index (χ3n) is 3.85. The van der Waals surface area contributed by atoms with Gasteiger partial charge in [-0.3, -0.25) is 0 Å². The minimum absolute atomic E-state index is 0.634. The lowest BCUT2D eigenvalue weighted by Gasteiger charge is -2.05. The molecule has 22 heavy (non-hydrogen) atoms. The zero-order chi connectivity index (χ0) is 15.1. The van der Waals surface area contributed by atoms with Crippen molar-refractivity contribution in [3.63, 3.8) is 0 Å². The van der Waals surface area contributed by atoms with Gasteiger partial charge in [0.1, 0.15) is 5.52 Å². The third-order valence-corrected chi connectivity index (χ3v) is 3.85. The Labute approximate surface area is 128 Å². The van der Waals surface area contributed by atoms with Gasteiger partial charge in [-0.15, -0.1) is 0 Å². The van der Waals surface area contributed by atoms with Gasteiger partial charge >= 0.3 is 0 Å². The van der Waals surface area contributed by atoms with Crippen LogP contribution in [0.4, 0.5) is 6.01 Å². The number of rotatable bonds is 2. The molecular weight excluding hydrogens is 272 g/mol. The van der Waals surface area contributed by atoms with Crippen molar-refractivity contribution in [1.82, 2.24) is 4.98 Å². The average Bonchev–Trinajstić information content (AvgIpc) is 3.00. The van der Waals surface area contributed by atoms with Crippen LogP contribution in [0.3, 0.4) is 0 Å². The number of benzene rings is 3. The van der Waals surface area contributed by atoms with Crippen LogP contribution in [0.2, 0.25) is 0 Å². The summed E-state index contributed by atoms with van der Waals surface area (Å²) in [4.78, 5) is 6.38. The normalized spacial score (nSPS) is 11.2. The van der Waals surface area contributed by atoms with Gasteiger partial charge in [-0.1, -0.05) is 42.5 Å². The summed E-state index contributed by atoms with van der Waals surface area (Å²) in [5.74, 6) is 0. The minimum atomic E-state index is 0.634. The highest BCUT2D eigenvalue weighted by Gasteiger charge is 2.11. The Bertz CT molecular complexity index is 955. The Hall–Kier alpha value is -2.81. The smallest absolute Gasteiger partial charge is 0.297 e. The standard InChI is InChI=1S/C19H16N2O/c1-21(2)19-20-17-11-9-15-12-14(13-6-4-3-5-7-13)8-10-16(15)18(17)22-19/h3-12H,1-2H3. The first kappa shape index (κ1) is 12.9.